The van der Waals surface area contributed by atoms with Gasteiger partial charge in [-0.05, 0) is 12.1 Å². The summed E-state index contributed by atoms with van der Waals surface area (Å²) in [5.74, 6) is -0.537. The second-order valence-corrected chi connectivity index (χ2v) is 8.25. The fraction of sp³-hybridized carbons (Fsp3) is 0.312. The highest BCUT2D eigenvalue weighted by atomic mass is 35.5. The Labute approximate surface area is 164 Å². The van der Waals surface area contributed by atoms with Crippen LogP contribution in [-0.2, 0) is 16.0 Å². The van der Waals surface area contributed by atoms with Crippen LogP contribution in [0, 0.1) is 5.41 Å². The van der Waals surface area contributed by atoms with E-state index >= 15 is 0 Å². The van der Waals surface area contributed by atoms with E-state index in [0.717, 1.165) is 11.3 Å². The van der Waals surface area contributed by atoms with Crippen LogP contribution in [0.15, 0.2) is 23.3 Å². The van der Waals surface area contributed by atoms with Gasteiger partial charge < -0.3 is 5.32 Å². The Morgan fingerprint density at radius 3 is 2.65 bits per heavy atom. The highest BCUT2D eigenvalue weighted by Gasteiger charge is 2.22. The summed E-state index contributed by atoms with van der Waals surface area (Å²) in [6.45, 7) is 5.38. The zero-order valence-electron chi connectivity index (χ0n) is 14.3. The lowest BCUT2D eigenvalue weighted by Crippen LogP contribution is -2.27. The third-order valence-electron chi connectivity index (χ3n) is 3.04. The van der Waals surface area contributed by atoms with E-state index in [1.54, 1.807) is 39.0 Å². The van der Waals surface area contributed by atoms with Crippen LogP contribution in [0.5, 0.6) is 0 Å². The van der Waals surface area contributed by atoms with E-state index in [9.17, 15) is 9.59 Å². The van der Waals surface area contributed by atoms with Crippen molar-refractivity contribution in [2.24, 2.45) is 10.5 Å². The van der Waals surface area contributed by atoms with Gasteiger partial charge in [0.1, 0.15) is 5.01 Å². The van der Waals surface area contributed by atoms with Gasteiger partial charge in [-0.15, -0.1) is 10.2 Å². The molecule has 10 heteroatoms. The predicted octanol–water partition coefficient (Wildman–Crippen LogP) is 3.52. The Morgan fingerprint density at radius 1 is 1.27 bits per heavy atom. The lowest BCUT2D eigenvalue weighted by Gasteiger charge is -2.15. The van der Waals surface area contributed by atoms with Gasteiger partial charge in [0.2, 0.25) is 16.9 Å². The van der Waals surface area contributed by atoms with E-state index in [1.807, 2.05) is 0 Å². The molecule has 1 heterocycles. The van der Waals surface area contributed by atoms with Crippen LogP contribution in [0.1, 0.15) is 31.3 Å². The van der Waals surface area contributed by atoms with Crippen molar-refractivity contribution in [2.45, 2.75) is 27.2 Å². The molecule has 0 saturated heterocycles. The van der Waals surface area contributed by atoms with Crippen LogP contribution >= 0.6 is 34.5 Å². The SMILES string of the molecule is CC(C)(C)C(=O)Nc1nnc(CC(=O)N/N=C/c2ccc(Cl)cc2Cl)s1. The van der Waals surface area contributed by atoms with E-state index < -0.39 is 5.41 Å². The van der Waals surface area contributed by atoms with E-state index in [4.69, 9.17) is 23.2 Å². The van der Waals surface area contributed by atoms with Crippen molar-refractivity contribution < 1.29 is 9.59 Å². The molecule has 0 atom stereocenters. The maximum absolute atomic E-state index is 11.9. The minimum absolute atomic E-state index is 0.00521. The highest BCUT2D eigenvalue weighted by Crippen LogP contribution is 2.21. The first-order valence-corrected chi connectivity index (χ1v) is 9.13. The van der Waals surface area contributed by atoms with Gasteiger partial charge in [0.15, 0.2) is 0 Å². The summed E-state index contributed by atoms with van der Waals surface area (Å²) in [7, 11) is 0. The number of rotatable bonds is 5. The first-order valence-electron chi connectivity index (χ1n) is 7.56. The first-order chi connectivity index (χ1) is 12.1. The summed E-state index contributed by atoms with van der Waals surface area (Å²) in [6.07, 6.45) is 1.42. The Balaban J connectivity index is 1.88. The standard InChI is InChI=1S/C16H17Cl2N5O2S/c1-16(2,3)14(25)20-15-23-22-13(26-15)7-12(24)21-19-8-9-4-5-10(17)6-11(9)18/h4-6,8H,7H2,1-3H3,(H,21,24)(H,20,23,25)/b19-8+. The van der Waals surface area contributed by atoms with Crippen LogP contribution in [0.2, 0.25) is 10.0 Å². The minimum Gasteiger partial charge on any atom is -0.300 e. The van der Waals surface area contributed by atoms with Crippen LogP contribution in [0.3, 0.4) is 0 Å². The number of hydrogen-bond acceptors (Lipinski definition) is 6. The lowest BCUT2D eigenvalue weighted by molar-refractivity contribution is -0.123. The molecule has 0 saturated carbocycles. The molecule has 0 spiro atoms. The van der Waals surface area contributed by atoms with Crippen molar-refractivity contribution in [1.29, 1.82) is 0 Å². The number of benzene rings is 1. The summed E-state index contributed by atoms with van der Waals surface area (Å²) in [4.78, 5) is 23.8. The molecule has 2 rings (SSSR count). The number of hydrogen-bond donors (Lipinski definition) is 2. The number of halogens is 2. The molecule has 26 heavy (non-hydrogen) atoms. The molecule has 2 amide bonds. The van der Waals surface area contributed by atoms with Crippen molar-refractivity contribution >= 4 is 57.7 Å². The summed E-state index contributed by atoms with van der Waals surface area (Å²) in [5, 5.41) is 16.0. The molecule has 0 aliphatic rings. The minimum atomic E-state index is -0.541. The Kier molecular flexibility index (Phi) is 6.69. The van der Waals surface area contributed by atoms with Gasteiger partial charge in [-0.3, -0.25) is 9.59 Å². The topological polar surface area (TPSA) is 96.3 Å². The monoisotopic (exact) mass is 413 g/mol. The van der Waals surface area contributed by atoms with E-state index in [2.05, 4.69) is 26.0 Å². The molecule has 0 radical (unpaired) electrons. The summed E-state index contributed by atoms with van der Waals surface area (Å²) < 4.78 is 0. The summed E-state index contributed by atoms with van der Waals surface area (Å²) in [6, 6.07) is 4.95. The van der Waals surface area contributed by atoms with E-state index in [1.165, 1.54) is 6.21 Å². The van der Waals surface area contributed by atoms with Gasteiger partial charge in [-0.1, -0.05) is 61.4 Å². The first kappa shape index (κ1) is 20.3. The number of carbonyl (C=O) groups excluding carboxylic acids is 2. The van der Waals surface area contributed by atoms with Gasteiger partial charge >= 0.3 is 0 Å². The normalized spacial score (nSPS) is 11.6. The molecular formula is C16H17Cl2N5O2S. The molecule has 1 aromatic heterocycles. The van der Waals surface area contributed by atoms with Crippen molar-refractivity contribution in [2.75, 3.05) is 5.32 Å². The molecular weight excluding hydrogens is 397 g/mol. The summed E-state index contributed by atoms with van der Waals surface area (Å²) in [5.41, 5.74) is 2.47. The largest absolute Gasteiger partial charge is 0.300 e. The van der Waals surface area contributed by atoms with Crippen LogP contribution < -0.4 is 10.7 Å². The van der Waals surface area contributed by atoms with Crippen LogP contribution in [0.4, 0.5) is 5.13 Å². The Bertz CT molecular complexity index is 845. The molecule has 0 bridgehead atoms. The highest BCUT2D eigenvalue weighted by molar-refractivity contribution is 7.15. The fourth-order valence-electron chi connectivity index (χ4n) is 1.62. The molecule has 1 aromatic carbocycles. The average molecular weight is 414 g/mol. The predicted molar refractivity (Wildman–Crippen MR) is 104 cm³/mol. The average Bonchev–Trinajstić information content (AvgIpc) is 2.95. The molecule has 0 aliphatic carbocycles. The van der Waals surface area contributed by atoms with E-state index in [0.29, 0.717) is 25.7 Å². The molecule has 0 unspecified atom stereocenters. The molecule has 138 valence electrons. The lowest BCUT2D eigenvalue weighted by atomic mass is 9.96. The van der Waals surface area contributed by atoms with Gasteiger partial charge in [0.05, 0.1) is 17.7 Å². The number of carbonyl (C=O) groups is 2. The number of nitrogens with zero attached hydrogens (tertiary/aromatic N) is 3. The van der Waals surface area contributed by atoms with Gasteiger partial charge in [0, 0.05) is 16.0 Å². The smallest absolute Gasteiger partial charge is 0.247 e. The quantitative estimate of drug-likeness (QED) is 0.578. The third kappa shape index (κ3) is 6.05. The second-order valence-electron chi connectivity index (χ2n) is 6.34. The van der Waals surface area contributed by atoms with Gasteiger partial charge in [-0.2, -0.15) is 5.10 Å². The van der Waals surface area contributed by atoms with Gasteiger partial charge in [0.25, 0.3) is 0 Å². The molecule has 7 nitrogen and oxygen atoms in total. The zero-order valence-corrected chi connectivity index (χ0v) is 16.7. The Hall–Kier alpha value is -2.03. The van der Waals surface area contributed by atoms with Crippen molar-refractivity contribution in [3.63, 3.8) is 0 Å². The number of hydrazone groups is 1. The molecule has 0 aliphatic heterocycles. The Morgan fingerprint density at radius 2 is 2.00 bits per heavy atom. The number of aromatic nitrogens is 2. The molecule has 2 N–H and O–H groups in total. The number of anilines is 1. The third-order valence-corrected chi connectivity index (χ3v) is 4.44. The summed E-state index contributed by atoms with van der Waals surface area (Å²) >= 11 is 13.0. The van der Waals surface area contributed by atoms with Crippen molar-refractivity contribution in [3.8, 4) is 0 Å². The fourth-order valence-corrected chi connectivity index (χ4v) is 2.81. The van der Waals surface area contributed by atoms with Crippen molar-refractivity contribution in [3.05, 3.63) is 38.8 Å². The maximum atomic E-state index is 11.9. The maximum Gasteiger partial charge on any atom is 0.247 e. The zero-order chi connectivity index (χ0) is 19.3. The molecule has 0 fully saturated rings. The number of nitrogens with one attached hydrogen (secondary N) is 2. The van der Waals surface area contributed by atoms with Crippen LogP contribution in [0.25, 0.3) is 0 Å². The van der Waals surface area contributed by atoms with Crippen LogP contribution in [-0.4, -0.2) is 28.2 Å². The number of amides is 2. The second kappa shape index (κ2) is 8.57. The van der Waals surface area contributed by atoms with E-state index in [-0.39, 0.29) is 18.2 Å². The molecule has 2 aromatic rings. The van der Waals surface area contributed by atoms with Crippen molar-refractivity contribution in [1.82, 2.24) is 15.6 Å². The van der Waals surface area contributed by atoms with Gasteiger partial charge in [-0.25, -0.2) is 5.43 Å².